The molecule has 1 unspecified atom stereocenters. The van der Waals surface area contributed by atoms with Crippen molar-refractivity contribution >= 4 is 11.6 Å². The number of rotatable bonds is 4. The third-order valence-electron chi connectivity index (χ3n) is 4.92. The lowest BCUT2D eigenvalue weighted by Gasteiger charge is -2.31. The van der Waals surface area contributed by atoms with Crippen LogP contribution in [0.2, 0.25) is 0 Å². The number of amides is 1. The van der Waals surface area contributed by atoms with Gasteiger partial charge in [0.1, 0.15) is 5.60 Å². The van der Waals surface area contributed by atoms with E-state index in [1.165, 1.54) is 0 Å². The van der Waals surface area contributed by atoms with Gasteiger partial charge in [-0.15, -0.1) is 0 Å². The van der Waals surface area contributed by atoms with Crippen LogP contribution in [0, 0.1) is 0 Å². The second-order valence-electron chi connectivity index (χ2n) is 6.68. The summed E-state index contributed by atoms with van der Waals surface area (Å²) in [7, 11) is 0. The SMILES string of the molecule is O=C1CCc2cc(C(O)(Cc3ccccc3)c3cccnc3)ccc2N1. The Hall–Kier alpha value is -2.98. The van der Waals surface area contributed by atoms with Crippen LogP contribution in [0.1, 0.15) is 28.7 Å². The first-order chi connectivity index (χ1) is 12.6. The molecule has 4 nitrogen and oxygen atoms in total. The van der Waals surface area contributed by atoms with Crippen molar-refractivity contribution in [2.75, 3.05) is 5.32 Å². The Bertz CT molecular complexity index is 925. The van der Waals surface area contributed by atoms with E-state index in [-0.39, 0.29) is 5.91 Å². The van der Waals surface area contributed by atoms with Crippen molar-refractivity contribution in [3.8, 4) is 0 Å². The molecule has 0 saturated heterocycles. The van der Waals surface area contributed by atoms with Crippen LogP contribution >= 0.6 is 0 Å². The van der Waals surface area contributed by atoms with Gasteiger partial charge in [0, 0.05) is 36.5 Å². The molecule has 0 bridgehead atoms. The molecule has 2 N–H and O–H groups in total. The minimum Gasteiger partial charge on any atom is -0.380 e. The van der Waals surface area contributed by atoms with Crippen molar-refractivity contribution in [2.24, 2.45) is 0 Å². The highest BCUT2D eigenvalue weighted by Crippen LogP contribution is 2.36. The lowest BCUT2D eigenvalue weighted by atomic mass is 9.80. The fourth-order valence-electron chi connectivity index (χ4n) is 3.51. The number of carbonyl (C=O) groups excluding carboxylic acids is 1. The van der Waals surface area contributed by atoms with Crippen LogP contribution in [-0.2, 0) is 23.2 Å². The average Bonchev–Trinajstić information content (AvgIpc) is 2.69. The van der Waals surface area contributed by atoms with Crippen molar-refractivity contribution in [3.05, 3.63) is 95.3 Å². The third kappa shape index (κ3) is 3.11. The lowest BCUT2D eigenvalue weighted by Crippen LogP contribution is -2.31. The first kappa shape index (κ1) is 16.5. The largest absolute Gasteiger partial charge is 0.380 e. The van der Waals surface area contributed by atoms with Crippen LogP contribution in [0.5, 0.6) is 0 Å². The Morgan fingerprint density at radius 3 is 2.62 bits per heavy atom. The van der Waals surface area contributed by atoms with Gasteiger partial charge in [0.25, 0.3) is 0 Å². The molecule has 3 aromatic rings. The number of anilines is 1. The third-order valence-corrected chi connectivity index (χ3v) is 4.92. The van der Waals surface area contributed by atoms with Crippen molar-refractivity contribution < 1.29 is 9.90 Å². The molecular formula is C22H20N2O2. The average molecular weight is 344 g/mol. The number of aryl methyl sites for hydroxylation is 1. The number of hydrogen-bond acceptors (Lipinski definition) is 3. The molecule has 2 heterocycles. The molecule has 1 amide bonds. The molecule has 0 aliphatic carbocycles. The Morgan fingerprint density at radius 1 is 1.00 bits per heavy atom. The molecule has 0 saturated carbocycles. The van der Waals surface area contributed by atoms with Crippen LogP contribution in [0.4, 0.5) is 5.69 Å². The minimum absolute atomic E-state index is 0.0389. The maximum Gasteiger partial charge on any atom is 0.224 e. The zero-order chi connectivity index (χ0) is 18.0. The smallest absolute Gasteiger partial charge is 0.224 e. The van der Waals surface area contributed by atoms with Gasteiger partial charge in [-0.3, -0.25) is 9.78 Å². The van der Waals surface area contributed by atoms with Crippen LogP contribution in [0.3, 0.4) is 0 Å². The molecule has 2 aromatic carbocycles. The van der Waals surface area contributed by atoms with Gasteiger partial charge in [-0.05, 0) is 35.2 Å². The zero-order valence-electron chi connectivity index (χ0n) is 14.4. The van der Waals surface area contributed by atoms with E-state index in [4.69, 9.17) is 0 Å². The Morgan fingerprint density at radius 2 is 1.85 bits per heavy atom. The molecule has 4 rings (SSSR count). The van der Waals surface area contributed by atoms with E-state index in [1.54, 1.807) is 12.4 Å². The van der Waals surface area contributed by atoms with Crippen LogP contribution in [0.25, 0.3) is 0 Å². The van der Waals surface area contributed by atoms with Gasteiger partial charge in [0.2, 0.25) is 5.91 Å². The predicted octanol–water partition coefficient (Wildman–Crippen LogP) is 3.44. The van der Waals surface area contributed by atoms with Crippen LogP contribution < -0.4 is 5.32 Å². The molecule has 1 atom stereocenters. The van der Waals surface area contributed by atoms with Crippen molar-refractivity contribution in [2.45, 2.75) is 24.9 Å². The van der Waals surface area contributed by atoms with Gasteiger partial charge in [0.15, 0.2) is 0 Å². The maximum atomic E-state index is 11.7. The van der Waals surface area contributed by atoms with E-state index < -0.39 is 5.60 Å². The Balaban J connectivity index is 1.79. The standard InChI is InChI=1S/C22H20N2O2/c25-21-11-8-17-13-18(9-10-20(17)24-21)22(26,19-7-4-12-23-15-19)14-16-5-2-1-3-6-16/h1-7,9-10,12-13,15,26H,8,11,14H2,(H,24,25). The number of hydrogen-bond donors (Lipinski definition) is 2. The van der Waals surface area contributed by atoms with E-state index in [0.29, 0.717) is 19.3 Å². The first-order valence-electron chi connectivity index (χ1n) is 8.75. The van der Waals surface area contributed by atoms with E-state index in [0.717, 1.165) is 27.9 Å². The van der Waals surface area contributed by atoms with Gasteiger partial charge < -0.3 is 10.4 Å². The van der Waals surface area contributed by atoms with Crippen molar-refractivity contribution in [3.63, 3.8) is 0 Å². The van der Waals surface area contributed by atoms with Gasteiger partial charge >= 0.3 is 0 Å². The van der Waals surface area contributed by atoms with Crippen molar-refractivity contribution in [1.29, 1.82) is 0 Å². The van der Waals surface area contributed by atoms with Crippen LogP contribution in [-0.4, -0.2) is 16.0 Å². The molecule has 4 heteroatoms. The monoisotopic (exact) mass is 344 g/mol. The van der Waals surface area contributed by atoms with Gasteiger partial charge in [0.05, 0.1) is 0 Å². The second-order valence-corrected chi connectivity index (χ2v) is 6.68. The Kier molecular flexibility index (Phi) is 4.27. The highest BCUT2D eigenvalue weighted by atomic mass is 16.3. The molecule has 26 heavy (non-hydrogen) atoms. The molecule has 1 aromatic heterocycles. The highest BCUT2D eigenvalue weighted by molar-refractivity contribution is 5.93. The molecular weight excluding hydrogens is 324 g/mol. The number of pyridine rings is 1. The molecule has 130 valence electrons. The minimum atomic E-state index is -1.19. The van der Waals surface area contributed by atoms with E-state index >= 15 is 0 Å². The van der Waals surface area contributed by atoms with E-state index in [9.17, 15) is 9.90 Å². The summed E-state index contributed by atoms with van der Waals surface area (Å²) in [5.41, 5.74) is 3.31. The van der Waals surface area contributed by atoms with Gasteiger partial charge in [-0.25, -0.2) is 0 Å². The molecule has 1 aliphatic heterocycles. The summed E-state index contributed by atoms with van der Waals surface area (Å²) in [5, 5.41) is 14.6. The Labute approximate surface area is 152 Å². The lowest BCUT2D eigenvalue weighted by molar-refractivity contribution is -0.116. The normalized spacial score (nSPS) is 15.7. The number of nitrogens with one attached hydrogen (secondary N) is 1. The fourth-order valence-corrected chi connectivity index (χ4v) is 3.51. The number of fused-ring (bicyclic) bond motifs is 1. The summed E-state index contributed by atoms with van der Waals surface area (Å²) in [6.45, 7) is 0. The summed E-state index contributed by atoms with van der Waals surface area (Å²) in [4.78, 5) is 15.8. The van der Waals surface area contributed by atoms with Gasteiger partial charge in [-0.1, -0.05) is 48.5 Å². The number of aliphatic hydroxyl groups is 1. The van der Waals surface area contributed by atoms with Gasteiger partial charge in [-0.2, -0.15) is 0 Å². The summed E-state index contributed by atoms with van der Waals surface area (Å²) < 4.78 is 0. The second kappa shape index (κ2) is 6.73. The summed E-state index contributed by atoms with van der Waals surface area (Å²) in [6.07, 6.45) is 5.02. The van der Waals surface area contributed by atoms with E-state index in [1.807, 2.05) is 60.7 Å². The molecule has 0 fully saturated rings. The fraction of sp³-hybridized carbons (Fsp3) is 0.182. The summed E-state index contributed by atoms with van der Waals surface area (Å²) in [5.74, 6) is 0.0389. The van der Waals surface area contributed by atoms with Crippen LogP contribution in [0.15, 0.2) is 73.1 Å². The first-order valence-corrected chi connectivity index (χ1v) is 8.75. The zero-order valence-corrected chi connectivity index (χ0v) is 14.4. The van der Waals surface area contributed by atoms with Crippen molar-refractivity contribution in [1.82, 2.24) is 4.98 Å². The number of carbonyl (C=O) groups is 1. The number of nitrogens with zero attached hydrogens (tertiary/aromatic N) is 1. The molecule has 0 radical (unpaired) electrons. The highest BCUT2D eigenvalue weighted by Gasteiger charge is 2.33. The quantitative estimate of drug-likeness (QED) is 0.762. The molecule has 1 aliphatic rings. The summed E-state index contributed by atoms with van der Waals surface area (Å²) >= 11 is 0. The number of aromatic nitrogens is 1. The summed E-state index contributed by atoms with van der Waals surface area (Å²) in [6, 6.07) is 19.5. The molecule has 0 spiro atoms. The topological polar surface area (TPSA) is 62.2 Å². The maximum absolute atomic E-state index is 11.7. The predicted molar refractivity (Wildman–Crippen MR) is 101 cm³/mol. The van der Waals surface area contributed by atoms with E-state index in [2.05, 4.69) is 10.3 Å². The number of benzene rings is 2.